The number of aryl methyl sites for hydroxylation is 1. The SMILES string of the molecule is Cc1cccc(Oc2ccc(C(=O)Nc3cccnc3)cn2)c1. The molecule has 5 heteroatoms. The number of pyridine rings is 2. The molecule has 1 amide bonds. The fourth-order valence-electron chi connectivity index (χ4n) is 2.01. The van der Waals surface area contributed by atoms with Gasteiger partial charge in [0.05, 0.1) is 17.4 Å². The highest BCUT2D eigenvalue weighted by atomic mass is 16.5. The Morgan fingerprint density at radius 1 is 1.09 bits per heavy atom. The molecule has 0 aliphatic rings. The maximum absolute atomic E-state index is 12.1. The summed E-state index contributed by atoms with van der Waals surface area (Å²) in [6.45, 7) is 1.99. The van der Waals surface area contributed by atoms with Gasteiger partial charge in [-0.25, -0.2) is 4.98 Å². The molecule has 3 rings (SSSR count). The average Bonchev–Trinajstić information content (AvgIpc) is 2.56. The Labute approximate surface area is 134 Å². The lowest BCUT2D eigenvalue weighted by molar-refractivity contribution is 0.102. The fourth-order valence-corrected chi connectivity index (χ4v) is 2.01. The first-order chi connectivity index (χ1) is 11.2. The lowest BCUT2D eigenvalue weighted by Crippen LogP contribution is -2.12. The van der Waals surface area contributed by atoms with Crippen LogP contribution < -0.4 is 10.1 Å². The van der Waals surface area contributed by atoms with Gasteiger partial charge in [-0.2, -0.15) is 0 Å². The summed E-state index contributed by atoms with van der Waals surface area (Å²) in [5.74, 6) is 0.909. The number of benzene rings is 1. The van der Waals surface area contributed by atoms with E-state index in [-0.39, 0.29) is 5.91 Å². The highest BCUT2D eigenvalue weighted by Crippen LogP contribution is 2.20. The average molecular weight is 305 g/mol. The third kappa shape index (κ3) is 3.91. The molecule has 2 heterocycles. The van der Waals surface area contributed by atoms with Crippen molar-refractivity contribution in [3.05, 3.63) is 78.2 Å². The molecule has 0 fully saturated rings. The Kier molecular flexibility index (Phi) is 4.29. The highest BCUT2D eigenvalue weighted by Gasteiger charge is 2.07. The van der Waals surface area contributed by atoms with E-state index >= 15 is 0 Å². The van der Waals surface area contributed by atoms with Crippen molar-refractivity contribution in [2.24, 2.45) is 0 Å². The predicted molar refractivity (Wildman–Crippen MR) is 87.7 cm³/mol. The van der Waals surface area contributed by atoms with Crippen LogP contribution in [0.5, 0.6) is 11.6 Å². The van der Waals surface area contributed by atoms with Gasteiger partial charge in [-0.3, -0.25) is 9.78 Å². The highest BCUT2D eigenvalue weighted by molar-refractivity contribution is 6.03. The van der Waals surface area contributed by atoms with Crippen LogP contribution >= 0.6 is 0 Å². The molecule has 0 unspecified atom stereocenters. The van der Waals surface area contributed by atoms with E-state index in [1.807, 2.05) is 31.2 Å². The quantitative estimate of drug-likeness (QED) is 0.795. The third-order valence-corrected chi connectivity index (χ3v) is 3.13. The van der Waals surface area contributed by atoms with Crippen LogP contribution in [-0.4, -0.2) is 15.9 Å². The summed E-state index contributed by atoms with van der Waals surface area (Å²) in [6, 6.07) is 14.6. The maximum atomic E-state index is 12.1. The van der Waals surface area contributed by atoms with Gasteiger partial charge in [0.15, 0.2) is 0 Å². The standard InChI is InChI=1S/C18H15N3O2/c1-13-4-2-6-16(10-13)23-17-8-7-14(11-20-17)18(22)21-15-5-3-9-19-12-15/h2-12H,1H3,(H,21,22). The number of carbonyl (C=O) groups excluding carboxylic acids is 1. The molecule has 2 aromatic heterocycles. The van der Waals surface area contributed by atoms with E-state index in [0.717, 1.165) is 5.56 Å². The zero-order valence-corrected chi connectivity index (χ0v) is 12.6. The number of amides is 1. The van der Waals surface area contributed by atoms with Crippen molar-refractivity contribution in [2.45, 2.75) is 6.92 Å². The monoisotopic (exact) mass is 305 g/mol. The second kappa shape index (κ2) is 6.70. The van der Waals surface area contributed by atoms with Crippen molar-refractivity contribution in [3.8, 4) is 11.6 Å². The van der Waals surface area contributed by atoms with Gasteiger partial charge in [-0.15, -0.1) is 0 Å². The molecule has 0 radical (unpaired) electrons. The van der Waals surface area contributed by atoms with E-state index in [2.05, 4.69) is 15.3 Å². The lowest BCUT2D eigenvalue weighted by Gasteiger charge is -2.07. The zero-order chi connectivity index (χ0) is 16.1. The Morgan fingerprint density at radius 3 is 2.70 bits per heavy atom. The third-order valence-electron chi connectivity index (χ3n) is 3.13. The molecule has 1 aromatic carbocycles. The molecule has 0 atom stereocenters. The summed E-state index contributed by atoms with van der Waals surface area (Å²) in [5, 5.41) is 2.75. The number of carbonyl (C=O) groups is 1. The van der Waals surface area contributed by atoms with Crippen LogP contribution in [0, 0.1) is 6.92 Å². The normalized spacial score (nSPS) is 10.1. The van der Waals surface area contributed by atoms with E-state index in [9.17, 15) is 4.79 Å². The van der Waals surface area contributed by atoms with Gasteiger partial charge >= 0.3 is 0 Å². The molecule has 0 spiro atoms. The Morgan fingerprint density at radius 2 is 2.00 bits per heavy atom. The van der Waals surface area contributed by atoms with Gasteiger partial charge in [-0.05, 0) is 42.8 Å². The van der Waals surface area contributed by atoms with Gasteiger partial charge in [-0.1, -0.05) is 12.1 Å². The second-order valence-electron chi connectivity index (χ2n) is 5.00. The Bertz CT molecular complexity index is 802. The van der Waals surface area contributed by atoms with E-state index in [1.165, 1.54) is 6.20 Å². The number of ether oxygens (including phenoxy) is 1. The van der Waals surface area contributed by atoms with Gasteiger partial charge in [0.2, 0.25) is 5.88 Å². The lowest BCUT2D eigenvalue weighted by atomic mass is 10.2. The minimum absolute atomic E-state index is 0.243. The van der Waals surface area contributed by atoms with Crippen molar-refractivity contribution in [3.63, 3.8) is 0 Å². The molecule has 0 saturated carbocycles. The summed E-state index contributed by atoms with van der Waals surface area (Å²) >= 11 is 0. The smallest absolute Gasteiger partial charge is 0.257 e. The predicted octanol–water partition coefficient (Wildman–Crippen LogP) is 3.83. The van der Waals surface area contributed by atoms with E-state index in [4.69, 9.17) is 4.74 Å². The number of nitrogens with one attached hydrogen (secondary N) is 1. The van der Waals surface area contributed by atoms with Gasteiger partial charge in [0.25, 0.3) is 5.91 Å². The number of aromatic nitrogens is 2. The van der Waals surface area contributed by atoms with E-state index < -0.39 is 0 Å². The number of anilines is 1. The summed E-state index contributed by atoms with van der Waals surface area (Å²) in [4.78, 5) is 20.2. The Balaban J connectivity index is 1.68. The largest absolute Gasteiger partial charge is 0.439 e. The molecule has 23 heavy (non-hydrogen) atoms. The minimum atomic E-state index is -0.243. The van der Waals surface area contributed by atoms with Crippen LogP contribution in [0.15, 0.2) is 67.1 Å². The van der Waals surface area contributed by atoms with Crippen molar-refractivity contribution >= 4 is 11.6 Å². The van der Waals surface area contributed by atoms with Gasteiger partial charge < -0.3 is 10.1 Å². The molecule has 0 bridgehead atoms. The van der Waals surface area contributed by atoms with E-state index in [1.54, 1.807) is 36.7 Å². The first kappa shape index (κ1) is 14.7. The first-order valence-corrected chi connectivity index (χ1v) is 7.13. The summed E-state index contributed by atoms with van der Waals surface area (Å²) < 4.78 is 5.66. The van der Waals surface area contributed by atoms with Crippen molar-refractivity contribution < 1.29 is 9.53 Å². The molecule has 114 valence electrons. The van der Waals surface area contributed by atoms with Crippen LogP contribution in [0.25, 0.3) is 0 Å². The molecular formula is C18H15N3O2. The first-order valence-electron chi connectivity index (χ1n) is 7.13. The van der Waals surface area contributed by atoms with Crippen molar-refractivity contribution in [2.75, 3.05) is 5.32 Å². The minimum Gasteiger partial charge on any atom is -0.439 e. The Hall–Kier alpha value is -3.21. The number of hydrogen-bond donors (Lipinski definition) is 1. The number of nitrogens with zero attached hydrogens (tertiary/aromatic N) is 2. The molecular weight excluding hydrogens is 290 g/mol. The molecule has 1 N–H and O–H groups in total. The van der Waals surface area contributed by atoms with Crippen LogP contribution in [0.3, 0.4) is 0 Å². The number of hydrogen-bond acceptors (Lipinski definition) is 4. The molecule has 0 aliphatic heterocycles. The summed E-state index contributed by atoms with van der Waals surface area (Å²) in [6.07, 6.45) is 4.71. The topological polar surface area (TPSA) is 64.1 Å². The molecule has 0 saturated heterocycles. The molecule has 0 aliphatic carbocycles. The molecule has 5 nitrogen and oxygen atoms in total. The number of rotatable bonds is 4. The summed E-state index contributed by atoms with van der Waals surface area (Å²) in [7, 11) is 0. The van der Waals surface area contributed by atoms with Crippen molar-refractivity contribution in [1.29, 1.82) is 0 Å². The fraction of sp³-hybridized carbons (Fsp3) is 0.0556. The van der Waals surface area contributed by atoms with Crippen LogP contribution in [0.2, 0.25) is 0 Å². The van der Waals surface area contributed by atoms with Crippen LogP contribution in [0.4, 0.5) is 5.69 Å². The van der Waals surface area contributed by atoms with Crippen LogP contribution in [-0.2, 0) is 0 Å². The van der Waals surface area contributed by atoms with Gasteiger partial charge in [0, 0.05) is 18.5 Å². The molecule has 3 aromatic rings. The van der Waals surface area contributed by atoms with Crippen LogP contribution in [0.1, 0.15) is 15.9 Å². The second-order valence-corrected chi connectivity index (χ2v) is 5.00. The van der Waals surface area contributed by atoms with Crippen molar-refractivity contribution in [1.82, 2.24) is 9.97 Å². The zero-order valence-electron chi connectivity index (χ0n) is 12.6. The summed E-state index contributed by atoms with van der Waals surface area (Å²) in [5.41, 5.74) is 2.19. The van der Waals surface area contributed by atoms with Gasteiger partial charge in [0.1, 0.15) is 5.75 Å². The maximum Gasteiger partial charge on any atom is 0.257 e. The van der Waals surface area contributed by atoms with E-state index in [0.29, 0.717) is 22.9 Å².